The molecule has 4 nitrogen and oxygen atoms in total. The highest BCUT2D eigenvalue weighted by atomic mass is 32.2. The third-order valence-electron chi connectivity index (χ3n) is 1.11. The lowest BCUT2D eigenvalue weighted by molar-refractivity contribution is 0.604. The van der Waals surface area contributed by atoms with Crippen LogP contribution >= 0.6 is 0 Å². The van der Waals surface area contributed by atoms with E-state index in [2.05, 4.69) is 0 Å². The van der Waals surface area contributed by atoms with Gasteiger partial charge in [0.2, 0.25) is 19.7 Å². The highest BCUT2D eigenvalue weighted by Gasteiger charge is 2.04. The molecular formula is C6H10O4S2. The van der Waals surface area contributed by atoms with Crippen molar-refractivity contribution in [3.63, 3.8) is 0 Å². The topological polar surface area (TPSA) is 68.3 Å². The standard InChI is InChI=1S/C6H10O4S2/c1-3-11(7,8)5-6-12(9,10)4-2/h3-4H2,1-2H3. The molecule has 0 heterocycles. The first kappa shape index (κ1) is 11.5. The van der Waals surface area contributed by atoms with Crippen LogP contribution in [-0.2, 0) is 19.7 Å². The fourth-order valence-corrected chi connectivity index (χ4v) is 1.58. The zero-order valence-corrected chi connectivity index (χ0v) is 8.50. The summed E-state index contributed by atoms with van der Waals surface area (Å²) in [5.41, 5.74) is 0. The normalized spacial score (nSPS) is 11.8. The van der Waals surface area contributed by atoms with Crippen molar-refractivity contribution in [2.45, 2.75) is 13.8 Å². The summed E-state index contributed by atoms with van der Waals surface area (Å²) in [7, 11) is -7.01. The molecule has 0 unspecified atom stereocenters. The molecule has 0 radical (unpaired) electrons. The van der Waals surface area contributed by atoms with Gasteiger partial charge in [0.25, 0.3) is 0 Å². The third kappa shape index (κ3) is 4.36. The van der Waals surface area contributed by atoms with Gasteiger partial charge in [-0.25, -0.2) is 16.8 Å². The molecule has 0 saturated heterocycles. The second-order valence-corrected chi connectivity index (χ2v) is 6.03. The van der Waals surface area contributed by atoms with E-state index in [1.165, 1.54) is 13.8 Å². The SMILES string of the molecule is CCS(=O)(=O)C#CS(=O)(=O)CC. The molecule has 12 heavy (non-hydrogen) atoms. The molecule has 0 amide bonds. The predicted molar refractivity (Wildman–Crippen MR) is 46.7 cm³/mol. The van der Waals surface area contributed by atoms with Crippen LogP contribution in [0.4, 0.5) is 0 Å². The van der Waals surface area contributed by atoms with Gasteiger partial charge in [0.1, 0.15) is 0 Å². The van der Waals surface area contributed by atoms with Crippen molar-refractivity contribution < 1.29 is 16.8 Å². The summed E-state index contributed by atoms with van der Waals surface area (Å²) in [4.78, 5) is 0. The second kappa shape index (κ2) is 3.92. The average Bonchev–Trinajstić information content (AvgIpc) is 2.02. The van der Waals surface area contributed by atoms with Gasteiger partial charge >= 0.3 is 0 Å². The van der Waals surface area contributed by atoms with Crippen LogP contribution in [0.25, 0.3) is 0 Å². The molecule has 0 bridgehead atoms. The molecule has 0 aromatic heterocycles. The van der Waals surface area contributed by atoms with E-state index in [1.807, 2.05) is 0 Å². The van der Waals surface area contributed by atoms with Crippen molar-refractivity contribution in [3.8, 4) is 10.5 Å². The third-order valence-corrected chi connectivity index (χ3v) is 3.59. The van der Waals surface area contributed by atoms with Crippen LogP contribution in [-0.4, -0.2) is 28.3 Å². The van der Waals surface area contributed by atoms with E-state index >= 15 is 0 Å². The van der Waals surface area contributed by atoms with E-state index in [-0.39, 0.29) is 11.5 Å². The van der Waals surface area contributed by atoms with Gasteiger partial charge in [0, 0.05) is 10.5 Å². The maximum atomic E-state index is 10.7. The first-order valence-corrected chi connectivity index (χ1v) is 6.62. The Kier molecular flexibility index (Phi) is 3.74. The first-order chi connectivity index (χ1) is 5.33. The minimum absolute atomic E-state index is 0.167. The first-order valence-electron chi connectivity index (χ1n) is 3.32. The molecule has 0 atom stereocenters. The molecule has 0 aliphatic rings. The molecule has 0 aromatic rings. The minimum atomic E-state index is -3.50. The molecular weight excluding hydrogens is 200 g/mol. The Bertz CT molecular complexity index is 353. The molecule has 6 heteroatoms. The second-order valence-electron chi connectivity index (χ2n) is 2.01. The lowest BCUT2D eigenvalue weighted by Gasteiger charge is -1.86. The van der Waals surface area contributed by atoms with Gasteiger partial charge in [-0.15, -0.1) is 0 Å². The molecule has 0 aliphatic heterocycles. The number of hydrogen-bond acceptors (Lipinski definition) is 4. The van der Waals surface area contributed by atoms with Crippen molar-refractivity contribution in [1.82, 2.24) is 0 Å². The molecule has 0 aliphatic carbocycles. The highest BCUT2D eigenvalue weighted by molar-refractivity contribution is 7.99. The highest BCUT2D eigenvalue weighted by Crippen LogP contribution is 1.89. The van der Waals surface area contributed by atoms with Gasteiger partial charge in [-0.3, -0.25) is 0 Å². The van der Waals surface area contributed by atoms with Crippen molar-refractivity contribution in [3.05, 3.63) is 0 Å². The number of rotatable bonds is 2. The largest absolute Gasteiger partial charge is 0.217 e. The van der Waals surface area contributed by atoms with Crippen LogP contribution in [0.15, 0.2) is 0 Å². The molecule has 0 saturated carbocycles. The summed E-state index contributed by atoms with van der Waals surface area (Å²) in [5, 5.41) is 3.47. The lowest BCUT2D eigenvalue weighted by atomic mass is 11.0. The Labute approximate surface area is 72.8 Å². The van der Waals surface area contributed by atoms with E-state index in [1.54, 1.807) is 10.5 Å². The van der Waals surface area contributed by atoms with Crippen LogP contribution in [0.1, 0.15) is 13.8 Å². The summed E-state index contributed by atoms with van der Waals surface area (Å²) in [6.45, 7) is 2.81. The van der Waals surface area contributed by atoms with Crippen molar-refractivity contribution >= 4 is 19.7 Å². The molecule has 70 valence electrons. The quantitative estimate of drug-likeness (QED) is 0.591. The molecule has 0 rings (SSSR count). The molecule has 0 spiro atoms. The molecule has 0 N–H and O–H groups in total. The van der Waals surface area contributed by atoms with E-state index in [9.17, 15) is 16.8 Å². The predicted octanol–water partition coefficient (Wildman–Crippen LogP) is -0.226. The van der Waals surface area contributed by atoms with Gasteiger partial charge in [-0.1, -0.05) is 13.8 Å². The summed E-state index contributed by atoms with van der Waals surface area (Å²) in [5.74, 6) is -0.335. The summed E-state index contributed by atoms with van der Waals surface area (Å²) >= 11 is 0. The Morgan fingerprint density at radius 3 is 1.25 bits per heavy atom. The van der Waals surface area contributed by atoms with Crippen molar-refractivity contribution in [2.24, 2.45) is 0 Å². The van der Waals surface area contributed by atoms with Gasteiger partial charge in [0.15, 0.2) is 0 Å². The number of hydrogen-bond donors (Lipinski definition) is 0. The zero-order valence-electron chi connectivity index (χ0n) is 6.86. The smallest absolute Gasteiger partial charge is 0.215 e. The van der Waals surface area contributed by atoms with Crippen LogP contribution < -0.4 is 0 Å². The Morgan fingerprint density at radius 1 is 0.833 bits per heavy atom. The van der Waals surface area contributed by atoms with Crippen molar-refractivity contribution in [2.75, 3.05) is 11.5 Å². The fraction of sp³-hybridized carbons (Fsp3) is 0.667. The Hall–Kier alpha value is -0.540. The summed E-state index contributed by atoms with van der Waals surface area (Å²) in [6.07, 6.45) is 0. The number of sulfone groups is 2. The van der Waals surface area contributed by atoms with Crippen LogP contribution in [0.5, 0.6) is 0 Å². The average molecular weight is 210 g/mol. The lowest BCUT2D eigenvalue weighted by Crippen LogP contribution is -2.02. The van der Waals surface area contributed by atoms with Crippen LogP contribution in [0.2, 0.25) is 0 Å². The Morgan fingerprint density at radius 2 is 1.08 bits per heavy atom. The van der Waals surface area contributed by atoms with E-state index in [0.29, 0.717) is 0 Å². The summed E-state index contributed by atoms with van der Waals surface area (Å²) in [6, 6.07) is 0. The summed E-state index contributed by atoms with van der Waals surface area (Å²) < 4.78 is 42.9. The maximum absolute atomic E-state index is 10.7. The van der Waals surface area contributed by atoms with Gasteiger partial charge < -0.3 is 0 Å². The zero-order chi connectivity index (χ0) is 9.83. The minimum Gasteiger partial charge on any atom is -0.215 e. The van der Waals surface area contributed by atoms with E-state index in [0.717, 1.165) is 0 Å². The van der Waals surface area contributed by atoms with Crippen LogP contribution in [0, 0.1) is 10.5 Å². The molecule has 0 aromatic carbocycles. The monoisotopic (exact) mass is 210 g/mol. The van der Waals surface area contributed by atoms with Gasteiger partial charge in [-0.05, 0) is 0 Å². The maximum Gasteiger partial charge on any atom is 0.217 e. The Balaban J connectivity index is 4.90. The van der Waals surface area contributed by atoms with E-state index < -0.39 is 19.7 Å². The van der Waals surface area contributed by atoms with E-state index in [4.69, 9.17) is 0 Å². The van der Waals surface area contributed by atoms with Gasteiger partial charge in [0.05, 0.1) is 11.5 Å². The van der Waals surface area contributed by atoms with Gasteiger partial charge in [-0.2, -0.15) is 0 Å². The molecule has 0 fully saturated rings. The van der Waals surface area contributed by atoms with Crippen LogP contribution in [0.3, 0.4) is 0 Å². The van der Waals surface area contributed by atoms with Crippen molar-refractivity contribution in [1.29, 1.82) is 0 Å². The fourth-order valence-electron chi connectivity index (χ4n) is 0.271.